The molecule has 1 heterocycles. The molecular formula is C13H17ClF4N2. The van der Waals surface area contributed by atoms with Gasteiger partial charge in [0.2, 0.25) is 0 Å². The molecular weight excluding hydrogens is 296 g/mol. The van der Waals surface area contributed by atoms with E-state index in [4.69, 9.17) is 0 Å². The molecule has 0 bridgehead atoms. The van der Waals surface area contributed by atoms with Crippen LogP contribution < -0.4 is 5.32 Å². The topological polar surface area (TPSA) is 15.3 Å². The second-order valence-corrected chi connectivity index (χ2v) is 4.69. The maximum atomic E-state index is 13.1. The first-order valence-electron chi connectivity index (χ1n) is 6.21. The Hall–Kier alpha value is -0.850. The van der Waals surface area contributed by atoms with Gasteiger partial charge in [0, 0.05) is 32.2 Å². The van der Waals surface area contributed by atoms with E-state index in [0.29, 0.717) is 19.2 Å². The van der Waals surface area contributed by atoms with E-state index in [1.165, 1.54) is 6.07 Å². The molecule has 1 aromatic rings. The monoisotopic (exact) mass is 312 g/mol. The summed E-state index contributed by atoms with van der Waals surface area (Å²) in [5, 5.41) is 3.15. The molecule has 1 aliphatic rings. The van der Waals surface area contributed by atoms with E-state index in [-0.39, 0.29) is 24.0 Å². The van der Waals surface area contributed by atoms with E-state index in [1.54, 1.807) is 6.92 Å². The first-order valence-corrected chi connectivity index (χ1v) is 6.21. The number of rotatable bonds is 2. The van der Waals surface area contributed by atoms with Gasteiger partial charge in [-0.2, -0.15) is 13.2 Å². The smallest absolute Gasteiger partial charge is 0.314 e. The Morgan fingerprint density at radius 3 is 2.35 bits per heavy atom. The van der Waals surface area contributed by atoms with Gasteiger partial charge in [0.15, 0.2) is 0 Å². The lowest BCUT2D eigenvalue weighted by atomic mass is 9.99. The Morgan fingerprint density at radius 2 is 1.80 bits per heavy atom. The van der Waals surface area contributed by atoms with Gasteiger partial charge in [0.1, 0.15) is 5.82 Å². The molecule has 0 unspecified atom stereocenters. The van der Waals surface area contributed by atoms with E-state index in [0.717, 1.165) is 19.2 Å². The third-order valence-electron chi connectivity index (χ3n) is 3.47. The van der Waals surface area contributed by atoms with Crippen LogP contribution in [0.3, 0.4) is 0 Å². The first kappa shape index (κ1) is 17.2. The average molecular weight is 313 g/mol. The molecule has 0 radical (unpaired) electrons. The largest absolute Gasteiger partial charge is 0.416 e. The molecule has 0 saturated carbocycles. The predicted octanol–water partition coefficient (Wildman–Crippen LogP) is 3.23. The Morgan fingerprint density at radius 1 is 1.20 bits per heavy atom. The Labute approximate surface area is 121 Å². The summed E-state index contributed by atoms with van der Waals surface area (Å²) in [6.07, 6.45) is -4.53. The molecule has 1 saturated heterocycles. The lowest BCUT2D eigenvalue weighted by molar-refractivity contribution is -0.139. The average Bonchev–Trinajstić information content (AvgIpc) is 2.38. The van der Waals surface area contributed by atoms with Crippen molar-refractivity contribution in [2.45, 2.75) is 19.1 Å². The number of alkyl halides is 3. The minimum Gasteiger partial charge on any atom is -0.314 e. The van der Waals surface area contributed by atoms with Crippen LogP contribution >= 0.6 is 12.4 Å². The number of hydrogen-bond acceptors (Lipinski definition) is 2. The van der Waals surface area contributed by atoms with Gasteiger partial charge < -0.3 is 5.32 Å². The number of hydrogen-bond donors (Lipinski definition) is 1. The number of halogens is 5. The number of piperazine rings is 1. The van der Waals surface area contributed by atoms with Crippen molar-refractivity contribution < 1.29 is 17.6 Å². The highest BCUT2D eigenvalue weighted by molar-refractivity contribution is 5.85. The summed E-state index contributed by atoms with van der Waals surface area (Å²) in [5.41, 5.74) is -0.741. The normalized spacial score (nSPS) is 18.4. The molecule has 2 nitrogen and oxygen atoms in total. The van der Waals surface area contributed by atoms with Gasteiger partial charge in [-0.05, 0) is 24.6 Å². The van der Waals surface area contributed by atoms with Crippen molar-refractivity contribution in [3.8, 4) is 0 Å². The van der Waals surface area contributed by atoms with Crippen LogP contribution in [-0.4, -0.2) is 31.1 Å². The van der Waals surface area contributed by atoms with E-state index >= 15 is 0 Å². The van der Waals surface area contributed by atoms with Gasteiger partial charge in [0.05, 0.1) is 5.56 Å². The van der Waals surface area contributed by atoms with Gasteiger partial charge in [-0.1, -0.05) is 6.07 Å². The minimum absolute atomic E-state index is 0. The second kappa shape index (κ2) is 6.74. The van der Waals surface area contributed by atoms with Crippen LogP contribution in [0.15, 0.2) is 18.2 Å². The van der Waals surface area contributed by atoms with Crippen molar-refractivity contribution in [3.63, 3.8) is 0 Å². The molecule has 1 aromatic carbocycles. The second-order valence-electron chi connectivity index (χ2n) is 4.69. The fourth-order valence-corrected chi connectivity index (χ4v) is 2.40. The standard InChI is InChI=1S/C13H16F4N2.ClH/c1-9(19-6-4-18-5-7-19)11-3-2-10(14)8-12(11)13(15,16)17;/h2-3,8-9,18H,4-7H2,1H3;1H/t9-;/m0./s1. The molecule has 20 heavy (non-hydrogen) atoms. The van der Waals surface area contributed by atoms with Crippen molar-refractivity contribution in [3.05, 3.63) is 35.1 Å². The van der Waals surface area contributed by atoms with Gasteiger partial charge in [-0.3, -0.25) is 4.90 Å². The minimum atomic E-state index is -4.53. The zero-order valence-corrected chi connectivity index (χ0v) is 11.8. The molecule has 1 atom stereocenters. The van der Waals surface area contributed by atoms with Crippen LogP contribution in [0.4, 0.5) is 17.6 Å². The SMILES string of the molecule is C[C@@H](c1ccc(F)cc1C(F)(F)F)N1CCNCC1.Cl. The number of benzene rings is 1. The number of nitrogens with zero attached hydrogens (tertiary/aromatic N) is 1. The lowest BCUT2D eigenvalue weighted by Gasteiger charge is -2.34. The quantitative estimate of drug-likeness (QED) is 0.844. The molecule has 114 valence electrons. The third kappa shape index (κ3) is 3.84. The summed E-state index contributed by atoms with van der Waals surface area (Å²) < 4.78 is 51.9. The fourth-order valence-electron chi connectivity index (χ4n) is 2.40. The molecule has 2 rings (SSSR count). The van der Waals surface area contributed by atoms with E-state index in [2.05, 4.69) is 5.32 Å². The predicted molar refractivity (Wildman–Crippen MR) is 71.5 cm³/mol. The molecule has 0 amide bonds. The summed E-state index contributed by atoms with van der Waals surface area (Å²) >= 11 is 0. The van der Waals surface area contributed by atoms with E-state index in [1.807, 2.05) is 4.90 Å². The van der Waals surface area contributed by atoms with Crippen molar-refractivity contribution in [2.75, 3.05) is 26.2 Å². The van der Waals surface area contributed by atoms with Gasteiger partial charge >= 0.3 is 6.18 Å². The lowest BCUT2D eigenvalue weighted by Crippen LogP contribution is -2.44. The maximum absolute atomic E-state index is 13.1. The van der Waals surface area contributed by atoms with E-state index < -0.39 is 17.6 Å². The van der Waals surface area contributed by atoms with Crippen LogP contribution in [0.25, 0.3) is 0 Å². The van der Waals surface area contributed by atoms with Crippen LogP contribution in [0, 0.1) is 5.82 Å². The molecule has 1 aliphatic heterocycles. The van der Waals surface area contributed by atoms with Gasteiger partial charge in [-0.15, -0.1) is 12.4 Å². The zero-order valence-electron chi connectivity index (χ0n) is 11.0. The van der Waals surface area contributed by atoms with Crippen molar-refractivity contribution in [1.82, 2.24) is 10.2 Å². The number of nitrogens with one attached hydrogen (secondary N) is 1. The highest BCUT2D eigenvalue weighted by Crippen LogP contribution is 2.36. The Kier molecular flexibility index (Phi) is 5.79. The summed E-state index contributed by atoms with van der Waals surface area (Å²) in [6.45, 7) is 4.62. The summed E-state index contributed by atoms with van der Waals surface area (Å²) in [5.74, 6) is -0.858. The molecule has 7 heteroatoms. The maximum Gasteiger partial charge on any atom is 0.416 e. The Balaban J connectivity index is 0.00000200. The summed E-state index contributed by atoms with van der Waals surface area (Å²) in [6, 6.07) is 2.53. The molecule has 1 fully saturated rings. The van der Waals surface area contributed by atoms with Crippen LogP contribution in [0.5, 0.6) is 0 Å². The van der Waals surface area contributed by atoms with Crippen molar-refractivity contribution >= 4 is 12.4 Å². The van der Waals surface area contributed by atoms with E-state index in [9.17, 15) is 17.6 Å². The molecule has 0 aromatic heterocycles. The Bertz CT molecular complexity index is 444. The third-order valence-corrected chi connectivity index (χ3v) is 3.47. The fraction of sp³-hybridized carbons (Fsp3) is 0.538. The van der Waals surface area contributed by atoms with Crippen molar-refractivity contribution in [1.29, 1.82) is 0 Å². The summed E-state index contributed by atoms with van der Waals surface area (Å²) in [4.78, 5) is 1.97. The van der Waals surface area contributed by atoms with Crippen molar-refractivity contribution in [2.24, 2.45) is 0 Å². The van der Waals surface area contributed by atoms with Gasteiger partial charge in [-0.25, -0.2) is 4.39 Å². The molecule has 0 spiro atoms. The molecule has 1 N–H and O–H groups in total. The van der Waals surface area contributed by atoms with Crippen LogP contribution in [0.1, 0.15) is 24.1 Å². The van der Waals surface area contributed by atoms with Crippen LogP contribution in [-0.2, 0) is 6.18 Å². The van der Waals surface area contributed by atoms with Crippen LogP contribution in [0.2, 0.25) is 0 Å². The highest BCUT2D eigenvalue weighted by Gasteiger charge is 2.36. The highest BCUT2D eigenvalue weighted by atomic mass is 35.5. The molecule has 0 aliphatic carbocycles. The van der Waals surface area contributed by atoms with Gasteiger partial charge in [0.25, 0.3) is 0 Å². The zero-order chi connectivity index (χ0) is 14.0. The summed E-state index contributed by atoms with van der Waals surface area (Å²) in [7, 11) is 0. The first-order chi connectivity index (χ1) is 8.89.